The van der Waals surface area contributed by atoms with Gasteiger partial charge in [-0.2, -0.15) is 0 Å². The van der Waals surface area contributed by atoms with Crippen molar-refractivity contribution < 1.29 is 18.3 Å². The molecule has 3 aromatic rings. The largest absolute Gasteiger partial charge is 0.497 e. The van der Waals surface area contributed by atoms with Gasteiger partial charge in [0.05, 0.1) is 19.7 Å². The van der Waals surface area contributed by atoms with Crippen molar-refractivity contribution >= 4 is 10.9 Å². The van der Waals surface area contributed by atoms with Gasteiger partial charge in [0.25, 0.3) is 5.92 Å². The summed E-state index contributed by atoms with van der Waals surface area (Å²) in [5, 5.41) is 0.972. The predicted octanol–water partition coefficient (Wildman–Crippen LogP) is 5.34. The van der Waals surface area contributed by atoms with E-state index in [2.05, 4.69) is 9.88 Å². The topological polar surface area (TPSA) is 34.6 Å². The zero-order valence-corrected chi connectivity index (χ0v) is 18.0. The van der Waals surface area contributed by atoms with E-state index >= 15 is 0 Å². The second-order valence-corrected chi connectivity index (χ2v) is 8.18. The fourth-order valence-corrected chi connectivity index (χ4v) is 4.31. The molecule has 0 aliphatic carbocycles. The maximum Gasteiger partial charge on any atom is 0.253 e. The van der Waals surface area contributed by atoms with Crippen molar-refractivity contribution in [2.75, 3.05) is 27.3 Å². The number of benzene rings is 2. The molecule has 2 heterocycles. The third-order valence-corrected chi connectivity index (χ3v) is 6.11. The lowest BCUT2D eigenvalue weighted by Crippen LogP contribution is -2.46. The van der Waals surface area contributed by atoms with E-state index in [-0.39, 0.29) is 6.42 Å². The van der Waals surface area contributed by atoms with Crippen LogP contribution in [0.2, 0.25) is 0 Å². The summed E-state index contributed by atoms with van der Waals surface area (Å²) in [6, 6.07) is 17.6. The SMILES string of the molecule is COc1ccc2cc(CN3CCC(F)(F)[C@H](CCc4ccccc4)C3)c(OC)nc2c1. The highest BCUT2D eigenvalue weighted by Gasteiger charge is 2.43. The number of likely N-dealkylation sites (tertiary alicyclic amines) is 1. The number of rotatable bonds is 7. The van der Waals surface area contributed by atoms with Crippen LogP contribution in [0.25, 0.3) is 10.9 Å². The Balaban J connectivity index is 1.49. The molecule has 1 aromatic heterocycles. The molecule has 0 spiro atoms. The number of hydrogen-bond acceptors (Lipinski definition) is 4. The number of piperidine rings is 1. The third-order valence-electron chi connectivity index (χ3n) is 6.11. The number of halogens is 2. The lowest BCUT2D eigenvalue weighted by atomic mass is 9.88. The van der Waals surface area contributed by atoms with Gasteiger partial charge in [0.15, 0.2) is 0 Å². The zero-order chi connectivity index (χ0) is 21.8. The highest BCUT2D eigenvalue weighted by atomic mass is 19.3. The van der Waals surface area contributed by atoms with Crippen LogP contribution in [0.4, 0.5) is 8.78 Å². The normalized spacial score (nSPS) is 18.8. The van der Waals surface area contributed by atoms with Crippen LogP contribution in [-0.2, 0) is 13.0 Å². The Morgan fingerprint density at radius 3 is 2.61 bits per heavy atom. The monoisotopic (exact) mass is 426 g/mol. The molecule has 4 nitrogen and oxygen atoms in total. The third kappa shape index (κ3) is 4.96. The van der Waals surface area contributed by atoms with Crippen molar-refractivity contribution in [2.45, 2.75) is 31.7 Å². The highest BCUT2D eigenvalue weighted by molar-refractivity contribution is 5.81. The molecule has 2 aromatic carbocycles. The first-order chi connectivity index (χ1) is 15.0. The molecule has 0 saturated carbocycles. The predicted molar refractivity (Wildman–Crippen MR) is 118 cm³/mol. The molecule has 0 radical (unpaired) electrons. The molecule has 1 atom stereocenters. The number of alkyl halides is 2. The maximum absolute atomic E-state index is 14.6. The summed E-state index contributed by atoms with van der Waals surface area (Å²) >= 11 is 0. The molecule has 0 bridgehead atoms. The summed E-state index contributed by atoms with van der Waals surface area (Å²) in [5.41, 5.74) is 2.80. The number of ether oxygens (including phenoxy) is 2. The van der Waals surface area contributed by atoms with Gasteiger partial charge in [-0.1, -0.05) is 30.3 Å². The fourth-order valence-electron chi connectivity index (χ4n) is 4.31. The number of aromatic nitrogens is 1. The van der Waals surface area contributed by atoms with Crippen LogP contribution in [0.1, 0.15) is 24.0 Å². The Bertz CT molecular complexity index is 1030. The van der Waals surface area contributed by atoms with E-state index in [0.29, 0.717) is 38.4 Å². The molecule has 164 valence electrons. The molecule has 1 fully saturated rings. The molecule has 0 N–H and O–H groups in total. The van der Waals surface area contributed by atoms with E-state index in [0.717, 1.165) is 27.8 Å². The number of aryl methyl sites for hydroxylation is 1. The van der Waals surface area contributed by atoms with Crippen molar-refractivity contribution in [3.63, 3.8) is 0 Å². The molecular formula is C25H28F2N2O2. The van der Waals surface area contributed by atoms with Gasteiger partial charge in [0.1, 0.15) is 5.75 Å². The second-order valence-electron chi connectivity index (χ2n) is 8.18. The Morgan fingerprint density at radius 1 is 1.06 bits per heavy atom. The van der Waals surface area contributed by atoms with E-state index in [1.807, 2.05) is 54.6 Å². The summed E-state index contributed by atoms with van der Waals surface area (Å²) in [7, 11) is 3.21. The van der Waals surface area contributed by atoms with E-state index in [9.17, 15) is 8.78 Å². The molecule has 0 unspecified atom stereocenters. The van der Waals surface area contributed by atoms with Crippen LogP contribution in [0, 0.1) is 5.92 Å². The molecule has 6 heteroatoms. The minimum Gasteiger partial charge on any atom is -0.497 e. The molecule has 1 aliphatic rings. The van der Waals surface area contributed by atoms with Crippen molar-refractivity contribution in [3.05, 3.63) is 65.7 Å². The fraction of sp³-hybridized carbons (Fsp3) is 0.400. The standard InChI is InChI=1S/C25H28F2N2O2/c1-30-22-11-9-19-14-20(24(31-2)28-23(19)15-22)16-29-13-12-25(26,27)21(17-29)10-8-18-6-4-3-5-7-18/h3-7,9,11,14-15,21H,8,10,12-13,16-17H2,1-2H3/t21-/m1/s1. The molecular weight excluding hydrogens is 398 g/mol. The molecule has 0 amide bonds. The minimum atomic E-state index is -2.63. The van der Waals surface area contributed by atoms with Gasteiger partial charge in [0, 0.05) is 49.0 Å². The van der Waals surface area contributed by atoms with Crippen molar-refractivity contribution in [1.29, 1.82) is 0 Å². The van der Waals surface area contributed by atoms with Crippen LogP contribution < -0.4 is 9.47 Å². The van der Waals surface area contributed by atoms with Gasteiger partial charge < -0.3 is 9.47 Å². The Hall–Kier alpha value is -2.73. The van der Waals surface area contributed by atoms with E-state index in [4.69, 9.17) is 9.47 Å². The quantitative estimate of drug-likeness (QED) is 0.511. The molecule has 31 heavy (non-hydrogen) atoms. The average Bonchev–Trinajstić information content (AvgIpc) is 2.79. The summed E-state index contributed by atoms with van der Waals surface area (Å²) < 4.78 is 40.1. The number of pyridine rings is 1. The lowest BCUT2D eigenvalue weighted by molar-refractivity contribution is -0.109. The Kier molecular flexibility index (Phi) is 6.37. The van der Waals surface area contributed by atoms with Crippen LogP contribution in [0.5, 0.6) is 11.6 Å². The van der Waals surface area contributed by atoms with E-state index < -0.39 is 11.8 Å². The first-order valence-corrected chi connectivity index (χ1v) is 10.6. The lowest BCUT2D eigenvalue weighted by Gasteiger charge is -2.38. The number of hydrogen-bond donors (Lipinski definition) is 0. The van der Waals surface area contributed by atoms with Gasteiger partial charge in [-0.25, -0.2) is 13.8 Å². The Labute approximate surface area is 181 Å². The van der Waals surface area contributed by atoms with Crippen molar-refractivity contribution in [2.24, 2.45) is 5.92 Å². The van der Waals surface area contributed by atoms with Gasteiger partial charge in [-0.15, -0.1) is 0 Å². The van der Waals surface area contributed by atoms with E-state index in [1.54, 1.807) is 14.2 Å². The van der Waals surface area contributed by atoms with Gasteiger partial charge in [-0.05, 0) is 36.6 Å². The van der Waals surface area contributed by atoms with Crippen LogP contribution in [-0.4, -0.2) is 43.1 Å². The van der Waals surface area contributed by atoms with Crippen LogP contribution in [0.3, 0.4) is 0 Å². The molecule has 1 aliphatic heterocycles. The van der Waals surface area contributed by atoms with Gasteiger partial charge >= 0.3 is 0 Å². The van der Waals surface area contributed by atoms with Crippen molar-refractivity contribution in [1.82, 2.24) is 9.88 Å². The summed E-state index contributed by atoms with van der Waals surface area (Å²) in [4.78, 5) is 6.71. The first kappa shape index (κ1) is 21.5. The van der Waals surface area contributed by atoms with E-state index in [1.165, 1.54) is 0 Å². The zero-order valence-electron chi connectivity index (χ0n) is 18.0. The molecule has 1 saturated heterocycles. The smallest absolute Gasteiger partial charge is 0.253 e. The summed E-state index contributed by atoms with van der Waals surface area (Å²) in [5.74, 6) is -2.04. The summed E-state index contributed by atoms with van der Waals surface area (Å²) in [6.45, 7) is 1.26. The summed E-state index contributed by atoms with van der Waals surface area (Å²) in [6.07, 6.45) is 1.02. The number of fused-ring (bicyclic) bond motifs is 1. The average molecular weight is 427 g/mol. The number of nitrogens with zero attached hydrogens (tertiary/aromatic N) is 2. The highest BCUT2D eigenvalue weighted by Crippen LogP contribution is 2.37. The van der Waals surface area contributed by atoms with Gasteiger partial charge in [-0.3, -0.25) is 4.90 Å². The minimum absolute atomic E-state index is 0.118. The van der Waals surface area contributed by atoms with Gasteiger partial charge in [0.2, 0.25) is 5.88 Å². The Morgan fingerprint density at radius 2 is 1.87 bits per heavy atom. The molecule has 4 rings (SSSR count). The number of methoxy groups -OCH3 is 2. The second kappa shape index (κ2) is 9.18. The maximum atomic E-state index is 14.6. The first-order valence-electron chi connectivity index (χ1n) is 10.6. The van der Waals surface area contributed by atoms with Crippen LogP contribution in [0.15, 0.2) is 54.6 Å². The van der Waals surface area contributed by atoms with Crippen molar-refractivity contribution in [3.8, 4) is 11.6 Å². The van der Waals surface area contributed by atoms with Crippen LogP contribution >= 0.6 is 0 Å².